The van der Waals surface area contributed by atoms with Crippen molar-refractivity contribution in [3.8, 4) is 0 Å². The van der Waals surface area contributed by atoms with Crippen LogP contribution in [-0.2, 0) is 0 Å². The van der Waals surface area contributed by atoms with Crippen LogP contribution in [0.2, 0.25) is 0 Å². The molecule has 1 amide bonds. The summed E-state index contributed by atoms with van der Waals surface area (Å²) in [6, 6.07) is 0. The maximum Gasteiger partial charge on any atom is 0.407 e. The smallest absolute Gasteiger partial charge is 0.407 e. The van der Waals surface area contributed by atoms with Crippen molar-refractivity contribution in [3.05, 3.63) is 0 Å². The van der Waals surface area contributed by atoms with Crippen LogP contribution in [0.15, 0.2) is 0 Å². The fraction of sp³-hybridized carbons (Fsp3) is 0.857. The SMILES string of the molecule is O=C(O)N1C[C@H]2CNC[C@H]2C1. The lowest BCUT2D eigenvalue weighted by Gasteiger charge is -2.11. The second-order valence-corrected chi connectivity index (χ2v) is 3.37. The van der Waals surface area contributed by atoms with E-state index in [9.17, 15) is 4.79 Å². The molecule has 2 heterocycles. The van der Waals surface area contributed by atoms with Crippen molar-refractivity contribution in [3.63, 3.8) is 0 Å². The zero-order chi connectivity index (χ0) is 7.84. The molecule has 4 nitrogen and oxygen atoms in total. The summed E-state index contributed by atoms with van der Waals surface area (Å²) in [6.07, 6.45) is -0.764. The molecule has 2 atom stereocenters. The average Bonchev–Trinajstić information content (AvgIpc) is 2.40. The molecule has 0 saturated carbocycles. The summed E-state index contributed by atoms with van der Waals surface area (Å²) < 4.78 is 0. The Bertz CT molecular complexity index is 171. The fourth-order valence-corrected chi connectivity index (χ4v) is 2.01. The number of hydrogen-bond donors (Lipinski definition) is 2. The van der Waals surface area contributed by atoms with Gasteiger partial charge in [-0.3, -0.25) is 0 Å². The topological polar surface area (TPSA) is 52.6 Å². The van der Waals surface area contributed by atoms with Crippen LogP contribution in [0.25, 0.3) is 0 Å². The summed E-state index contributed by atoms with van der Waals surface area (Å²) in [7, 11) is 0. The first kappa shape index (κ1) is 6.91. The second kappa shape index (κ2) is 2.37. The third-order valence-corrected chi connectivity index (χ3v) is 2.66. The molecule has 2 rings (SSSR count). The highest BCUT2D eigenvalue weighted by Crippen LogP contribution is 2.25. The molecule has 0 aromatic carbocycles. The van der Waals surface area contributed by atoms with Crippen LogP contribution in [0.4, 0.5) is 4.79 Å². The normalized spacial score (nSPS) is 35.8. The van der Waals surface area contributed by atoms with Gasteiger partial charge in [-0.05, 0) is 11.8 Å². The van der Waals surface area contributed by atoms with E-state index in [2.05, 4.69) is 5.32 Å². The molecule has 0 radical (unpaired) electrons. The standard InChI is InChI=1S/C7H12N2O2/c10-7(11)9-3-5-1-8-2-6(5)4-9/h5-6,8H,1-4H2,(H,10,11)/t5-,6+. The van der Waals surface area contributed by atoms with Gasteiger partial charge in [-0.2, -0.15) is 0 Å². The van der Waals surface area contributed by atoms with E-state index in [0.29, 0.717) is 11.8 Å². The van der Waals surface area contributed by atoms with Crippen molar-refractivity contribution in [2.24, 2.45) is 11.8 Å². The van der Waals surface area contributed by atoms with Gasteiger partial charge in [-0.25, -0.2) is 4.79 Å². The molecule has 0 spiro atoms. The molecule has 0 bridgehead atoms. The molecule has 0 unspecified atom stereocenters. The number of carboxylic acid groups (broad SMARTS) is 1. The minimum absolute atomic E-state index is 0.575. The van der Waals surface area contributed by atoms with Crippen molar-refractivity contribution in [2.75, 3.05) is 26.2 Å². The van der Waals surface area contributed by atoms with E-state index in [0.717, 1.165) is 26.2 Å². The van der Waals surface area contributed by atoms with E-state index in [-0.39, 0.29) is 0 Å². The third kappa shape index (κ3) is 1.07. The first-order valence-electron chi connectivity index (χ1n) is 3.96. The van der Waals surface area contributed by atoms with E-state index < -0.39 is 6.09 Å². The van der Waals surface area contributed by atoms with Crippen LogP contribution >= 0.6 is 0 Å². The zero-order valence-electron chi connectivity index (χ0n) is 6.29. The Hall–Kier alpha value is -0.770. The quantitative estimate of drug-likeness (QED) is 0.511. The van der Waals surface area contributed by atoms with E-state index >= 15 is 0 Å². The molecule has 0 aliphatic carbocycles. The minimum Gasteiger partial charge on any atom is -0.465 e. The van der Waals surface area contributed by atoms with Gasteiger partial charge in [0, 0.05) is 26.2 Å². The van der Waals surface area contributed by atoms with Gasteiger partial charge < -0.3 is 15.3 Å². The van der Waals surface area contributed by atoms with Crippen LogP contribution < -0.4 is 5.32 Å². The molecule has 11 heavy (non-hydrogen) atoms. The maximum atomic E-state index is 10.5. The number of nitrogens with zero attached hydrogens (tertiary/aromatic N) is 1. The highest BCUT2D eigenvalue weighted by molar-refractivity contribution is 5.65. The summed E-state index contributed by atoms with van der Waals surface area (Å²) in [4.78, 5) is 12.1. The zero-order valence-corrected chi connectivity index (χ0v) is 6.29. The number of fused-ring (bicyclic) bond motifs is 1. The van der Waals surface area contributed by atoms with Gasteiger partial charge in [0.2, 0.25) is 0 Å². The summed E-state index contributed by atoms with van der Waals surface area (Å²) in [5.41, 5.74) is 0. The van der Waals surface area contributed by atoms with E-state index in [4.69, 9.17) is 5.11 Å². The predicted molar refractivity (Wildman–Crippen MR) is 39.4 cm³/mol. The lowest BCUT2D eigenvalue weighted by atomic mass is 10.0. The molecule has 0 aromatic rings. The molecule has 0 aromatic heterocycles. The predicted octanol–water partition coefficient (Wildman–Crippen LogP) is -0.184. The Balaban J connectivity index is 1.99. The average molecular weight is 156 g/mol. The van der Waals surface area contributed by atoms with Gasteiger partial charge in [0.15, 0.2) is 0 Å². The maximum absolute atomic E-state index is 10.5. The van der Waals surface area contributed by atoms with E-state index in [1.807, 2.05) is 0 Å². The molecule has 4 heteroatoms. The Morgan fingerprint density at radius 3 is 2.36 bits per heavy atom. The lowest BCUT2D eigenvalue weighted by Crippen LogP contribution is -2.30. The Morgan fingerprint density at radius 1 is 1.36 bits per heavy atom. The molecule has 2 saturated heterocycles. The van der Waals surface area contributed by atoms with E-state index in [1.54, 1.807) is 0 Å². The second-order valence-electron chi connectivity index (χ2n) is 3.37. The van der Waals surface area contributed by atoms with Gasteiger partial charge in [0.25, 0.3) is 0 Å². The van der Waals surface area contributed by atoms with Gasteiger partial charge in [0.1, 0.15) is 0 Å². The highest BCUT2D eigenvalue weighted by atomic mass is 16.4. The molecule has 62 valence electrons. The molecule has 2 N–H and O–H groups in total. The van der Waals surface area contributed by atoms with Gasteiger partial charge in [-0.15, -0.1) is 0 Å². The Labute approximate surface area is 65.2 Å². The number of rotatable bonds is 0. The largest absolute Gasteiger partial charge is 0.465 e. The number of hydrogen-bond acceptors (Lipinski definition) is 2. The fourth-order valence-electron chi connectivity index (χ4n) is 2.01. The van der Waals surface area contributed by atoms with Crippen molar-refractivity contribution >= 4 is 6.09 Å². The number of amides is 1. The van der Waals surface area contributed by atoms with Crippen molar-refractivity contribution < 1.29 is 9.90 Å². The van der Waals surface area contributed by atoms with Gasteiger partial charge in [-0.1, -0.05) is 0 Å². The van der Waals surface area contributed by atoms with E-state index in [1.165, 1.54) is 4.90 Å². The number of likely N-dealkylation sites (tertiary alicyclic amines) is 1. The third-order valence-electron chi connectivity index (χ3n) is 2.66. The Morgan fingerprint density at radius 2 is 1.91 bits per heavy atom. The van der Waals surface area contributed by atoms with Crippen LogP contribution in [0, 0.1) is 11.8 Å². The monoisotopic (exact) mass is 156 g/mol. The molecule has 2 aliphatic rings. The number of nitrogens with one attached hydrogen (secondary N) is 1. The molecule has 2 fully saturated rings. The molecular weight excluding hydrogens is 144 g/mol. The van der Waals surface area contributed by atoms with Crippen molar-refractivity contribution in [1.29, 1.82) is 0 Å². The van der Waals surface area contributed by atoms with Crippen LogP contribution in [0.5, 0.6) is 0 Å². The molecular formula is C7H12N2O2. The van der Waals surface area contributed by atoms with Crippen LogP contribution in [-0.4, -0.2) is 42.3 Å². The summed E-state index contributed by atoms with van der Waals surface area (Å²) in [5.74, 6) is 1.15. The minimum atomic E-state index is -0.764. The van der Waals surface area contributed by atoms with Gasteiger partial charge in [0.05, 0.1) is 0 Å². The van der Waals surface area contributed by atoms with Crippen molar-refractivity contribution in [2.45, 2.75) is 0 Å². The lowest BCUT2D eigenvalue weighted by molar-refractivity contribution is 0.152. The highest BCUT2D eigenvalue weighted by Gasteiger charge is 2.37. The van der Waals surface area contributed by atoms with Crippen LogP contribution in [0.1, 0.15) is 0 Å². The van der Waals surface area contributed by atoms with Crippen LogP contribution in [0.3, 0.4) is 0 Å². The first-order valence-corrected chi connectivity index (χ1v) is 3.96. The summed E-state index contributed by atoms with van der Waals surface area (Å²) in [5, 5.41) is 11.9. The number of carbonyl (C=O) groups is 1. The van der Waals surface area contributed by atoms with Crippen molar-refractivity contribution in [1.82, 2.24) is 10.2 Å². The molecule has 2 aliphatic heterocycles. The summed E-state index contributed by atoms with van der Waals surface area (Å²) >= 11 is 0. The summed E-state index contributed by atoms with van der Waals surface area (Å²) in [6.45, 7) is 3.45. The first-order chi connectivity index (χ1) is 5.27. The Kier molecular flexibility index (Phi) is 1.49. The van der Waals surface area contributed by atoms with Gasteiger partial charge >= 0.3 is 6.09 Å².